The van der Waals surface area contributed by atoms with Gasteiger partial charge in [-0.2, -0.15) is 0 Å². The van der Waals surface area contributed by atoms with Crippen LogP contribution in [-0.2, 0) is 16.6 Å². The van der Waals surface area contributed by atoms with Crippen LogP contribution in [0.1, 0.15) is 15.9 Å². The fourth-order valence-electron chi connectivity index (χ4n) is 3.11. The van der Waals surface area contributed by atoms with Gasteiger partial charge in [-0.3, -0.25) is 9.52 Å². The molecule has 0 unspecified atom stereocenters. The monoisotopic (exact) mass is 452 g/mol. The van der Waals surface area contributed by atoms with Crippen LogP contribution < -0.4 is 14.8 Å². The Labute approximate surface area is 184 Å². The van der Waals surface area contributed by atoms with Crippen LogP contribution in [0.5, 0.6) is 5.75 Å². The number of amides is 1. The van der Waals surface area contributed by atoms with E-state index in [-0.39, 0.29) is 10.1 Å². The second kappa shape index (κ2) is 8.79. The highest BCUT2D eigenvalue weighted by Gasteiger charge is 2.15. The first-order chi connectivity index (χ1) is 14.9. The lowest BCUT2D eigenvalue weighted by atomic mass is 10.1. The molecule has 6 nitrogen and oxygen atoms in total. The van der Waals surface area contributed by atoms with Gasteiger partial charge in [0, 0.05) is 17.8 Å². The molecule has 31 heavy (non-hydrogen) atoms. The number of benzene rings is 3. The van der Waals surface area contributed by atoms with Crippen molar-refractivity contribution in [2.24, 2.45) is 0 Å². The Kier molecular flexibility index (Phi) is 5.92. The zero-order valence-corrected chi connectivity index (χ0v) is 18.3. The molecular formula is C23H20N2O4S2. The van der Waals surface area contributed by atoms with Gasteiger partial charge in [0.2, 0.25) is 0 Å². The van der Waals surface area contributed by atoms with E-state index in [9.17, 15) is 13.2 Å². The summed E-state index contributed by atoms with van der Waals surface area (Å²) in [6.45, 7) is 0.383. The number of hydrogen-bond donors (Lipinski definition) is 2. The first-order valence-electron chi connectivity index (χ1n) is 9.46. The number of ether oxygens (including phenoxy) is 1. The minimum Gasteiger partial charge on any atom is -0.497 e. The van der Waals surface area contributed by atoms with Crippen molar-refractivity contribution in [1.29, 1.82) is 0 Å². The maximum Gasteiger partial charge on any atom is 0.271 e. The van der Waals surface area contributed by atoms with Crippen molar-refractivity contribution < 1.29 is 17.9 Å². The molecule has 1 aromatic heterocycles. The average molecular weight is 453 g/mol. The lowest BCUT2D eigenvalue weighted by Crippen LogP contribution is -2.22. The summed E-state index contributed by atoms with van der Waals surface area (Å²) in [4.78, 5) is 12.5. The maximum atomic E-state index is 12.5. The Morgan fingerprint density at radius 3 is 2.42 bits per heavy atom. The number of hydrogen-bond acceptors (Lipinski definition) is 5. The van der Waals surface area contributed by atoms with Crippen molar-refractivity contribution in [3.63, 3.8) is 0 Å². The lowest BCUT2D eigenvalue weighted by molar-refractivity contribution is 0.0951. The van der Waals surface area contributed by atoms with Crippen LogP contribution in [0.2, 0.25) is 0 Å². The number of thiophene rings is 1. The summed E-state index contributed by atoms with van der Waals surface area (Å²) in [6, 6.07) is 21.4. The summed E-state index contributed by atoms with van der Waals surface area (Å²) in [7, 11) is -1.98. The molecule has 0 radical (unpaired) electrons. The Bertz CT molecular complexity index is 1320. The van der Waals surface area contributed by atoms with Crippen molar-refractivity contribution in [2.75, 3.05) is 11.8 Å². The number of methoxy groups -OCH3 is 1. The van der Waals surface area contributed by atoms with Crippen LogP contribution in [-0.4, -0.2) is 21.4 Å². The molecule has 2 N–H and O–H groups in total. The molecule has 0 spiro atoms. The molecule has 3 aromatic carbocycles. The molecule has 1 heterocycles. The Balaban J connectivity index is 1.39. The maximum absolute atomic E-state index is 12.5. The van der Waals surface area contributed by atoms with Crippen LogP contribution in [0, 0.1) is 0 Å². The number of anilines is 1. The Morgan fingerprint density at radius 1 is 0.968 bits per heavy atom. The number of nitrogens with one attached hydrogen (secondary N) is 2. The van der Waals surface area contributed by atoms with Gasteiger partial charge in [-0.05, 0) is 70.2 Å². The van der Waals surface area contributed by atoms with E-state index in [1.807, 2.05) is 36.4 Å². The molecule has 158 valence electrons. The normalized spacial score (nSPS) is 11.3. The lowest BCUT2D eigenvalue weighted by Gasteiger charge is -2.09. The zero-order valence-electron chi connectivity index (χ0n) is 16.7. The molecule has 0 bridgehead atoms. The number of fused-ring (bicyclic) bond motifs is 1. The van der Waals surface area contributed by atoms with Gasteiger partial charge in [-0.1, -0.05) is 24.3 Å². The minimum atomic E-state index is -3.61. The standard InChI is InChI=1S/C23H20N2O4S2/c1-29-21-11-8-18-13-16(4-5-19(18)14-21)15-24-23(26)17-6-9-20(10-7-17)25-31(27,28)22-3-2-12-30-22/h2-14,25H,15H2,1H3,(H,24,26). The van der Waals surface area contributed by atoms with Gasteiger partial charge in [-0.25, -0.2) is 8.42 Å². The van der Waals surface area contributed by atoms with Gasteiger partial charge < -0.3 is 10.1 Å². The number of rotatable bonds is 7. The van der Waals surface area contributed by atoms with Gasteiger partial charge in [0.25, 0.3) is 15.9 Å². The SMILES string of the molecule is COc1ccc2cc(CNC(=O)c3ccc(NS(=O)(=O)c4cccs4)cc3)ccc2c1. The Morgan fingerprint density at radius 2 is 1.71 bits per heavy atom. The second-order valence-corrected chi connectivity index (χ2v) is 9.70. The minimum absolute atomic E-state index is 0.234. The van der Waals surface area contributed by atoms with Crippen molar-refractivity contribution in [2.45, 2.75) is 10.8 Å². The van der Waals surface area contributed by atoms with Gasteiger partial charge >= 0.3 is 0 Å². The van der Waals surface area contributed by atoms with E-state index in [1.165, 1.54) is 6.07 Å². The highest BCUT2D eigenvalue weighted by Crippen LogP contribution is 2.22. The highest BCUT2D eigenvalue weighted by molar-refractivity contribution is 7.94. The van der Waals surface area contributed by atoms with Gasteiger partial charge in [-0.15, -0.1) is 11.3 Å². The third-order valence-electron chi connectivity index (χ3n) is 4.72. The summed E-state index contributed by atoms with van der Waals surface area (Å²) in [6.07, 6.45) is 0. The van der Waals surface area contributed by atoms with Crippen molar-refractivity contribution in [1.82, 2.24) is 5.32 Å². The topological polar surface area (TPSA) is 84.5 Å². The summed E-state index contributed by atoms with van der Waals surface area (Å²) in [5, 5.41) is 6.72. The van der Waals surface area contributed by atoms with E-state index in [0.29, 0.717) is 17.8 Å². The predicted molar refractivity (Wildman–Crippen MR) is 123 cm³/mol. The number of sulfonamides is 1. The highest BCUT2D eigenvalue weighted by atomic mass is 32.2. The molecule has 0 saturated heterocycles. The van der Waals surface area contributed by atoms with Gasteiger partial charge in [0.05, 0.1) is 7.11 Å². The van der Waals surface area contributed by atoms with Crippen LogP contribution in [0.15, 0.2) is 82.4 Å². The van der Waals surface area contributed by atoms with Crippen LogP contribution in [0.25, 0.3) is 10.8 Å². The van der Waals surface area contributed by atoms with Gasteiger partial charge in [0.15, 0.2) is 0 Å². The van der Waals surface area contributed by atoms with E-state index in [4.69, 9.17) is 4.74 Å². The summed E-state index contributed by atoms with van der Waals surface area (Å²) in [5.41, 5.74) is 1.82. The fourth-order valence-corrected chi connectivity index (χ4v) is 5.16. The molecular weight excluding hydrogens is 432 g/mol. The molecule has 1 amide bonds. The predicted octanol–water partition coefficient (Wildman–Crippen LogP) is 4.64. The first kappa shape index (κ1) is 20.9. The summed E-state index contributed by atoms with van der Waals surface area (Å²) < 4.78 is 32.6. The smallest absolute Gasteiger partial charge is 0.271 e. The third kappa shape index (κ3) is 4.87. The number of carbonyl (C=O) groups excluding carboxylic acids is 1. The fraction of sp³-hybridized carbons (Fsp3) is 0.0870. The molecule has 0 saturated carbocycles. The van der Waals surface area contributed by atoms with E-state index >= 15 is 0 Å². The van der Waals surface area contributed by atoms with Crippen molar-refractivity contribution in [3.8, 4) is 5.75 Å². The van der Waals surface area contributed by atoms with E-state index < -0.39 is 10.0 Å². The Hall–Kier alpha value is -3.36. The number of carbonyl (C=O) groups is 1. The summed E-state index contributed by atoms with van der Waals surface area (Å²) in [5.74, 6) is 0.567. The third-order valence-corrected chi connectivity index (χ3v) is 7.50. The largest absolute Gasteiger partial charge is 0.497 e. The van der Waals surface area contributed by atoms with Crippen molar-refractivity contribution in [3.05, 3.63) is 89.3 Å². The molecule has 4 rings (SSSR count). The second-order valence-electron chi connectivity index (χ2n) is 6.85. The molecule has 8 heteroatoms. The van der Waals surface area contributed by atoms with E-state index in [0.717, 1.165) is 33.4 Å². The van der Waals surface area contributed by atoms with Crippen LogP contribution in [0.3, 0.4) is 0 Å². The molecule has 0 fully saturated rings. The van der Waals surface area contributed by atoms with Gasteiger partial charge in [0.1, 0.15) is 9.96 Å². The molecule has 0 aliphatic heterocycles. The zero-order chi connectivity index (χ0) is 21.8. The van der Waals surface area contributed by atoms with Crippen LogP contribution in [0.4, 0.5) is 5.69 Å². The van der Waals surface area contributed by atoms with Crippen LogP contribution >= 0.6 is 11.3 Å². The summed E-state index contributed by atoms with van der Waals surface area (Å²) >= 11 is 1.14. The van der Waals surface area contributed by atoms with E-state index in [2.05, 4.69) is 10.0 Å². The van der Waals surface area contributed by atoms with E-state index in [1.54, 1.807) is 42.8 Å². The molecule has 0 aliphatic rings. The van der Waals surface area contributed by atoms with Crippen molar-refractivity contribution >= 4 is 43.7 Å². The average Bonchev–Trinajstić information content (AvgIpc) is 3.33. The molecule has 0 atom stereocenters. The quantitative estimate of drug-likeness (QED) is 0.428. The first-order valence-corrected chi connectivity index (χ1v) is 11.8. The molecule has 4 aromatic rings. The molecule has 0 aliphatic carbocycles.